The molecule has 138 valence electrons. The van der Waals surface area contributed by atoms with Gasteiger partial charge in [0.2, 0.25) is 5.91 Å². The molecule has 0 bridgehead atoms. The standard InChI is InChI=1S/C17H19N3O5S/c1-25-20-26(23,24)14-9-7-13(8-10-14)17(22)19-15(16(18)21)11-12-5-3-2-4-6-12/h2-10,15,20H,11H2,1H3,(H2,18,21)(H,19,22). The second-order valence-electron chi connectivity index (χ2n) is 5.43. The van der Waals surface area contributed by atoms with Crippen LogP contribution < -0.4 is 15.9 Å². The highest BCUT2D eigenvalue weighted by Crippen LogP contribution is 2.11. The lowest BCUT2D eigenvalue weighted by atomic mass is 10.0. The van der Waals surface area contributed by atoms with Crippen LogP contribution in [-0.2, 0) is 26.1 Å². The Morgan fingerprint density at radius 3 is 2.23 bits per heavy atom. The van der Waals surface area contributed by atoms with E-state index in [1.54, 1.807) is 0 Å². The maximum absolute atomic E-state index is 12.3. The molecule has 4 N–H and O–H groups in total. The third-order valence-electron chi connectivity index (χ3n) is 3.55. The summed E-state index contributed by atoms with van der Waals surface area (Å²) in [5.74, 6) is -1.20. The fourth-order valence-corrected chi connectivity index (χ4v) is 3.07. The van der Waals surface area contributed by atoms with E-state index in [2.05, 4.69) is 10.2 Å². The SMILES string of the molecule is CONS(=O)(=O)c1ccc(C(=O)NC(Cc2ccccc2)C(N)=O)cc1. The Kier molecular flexibility index (Phi) is 6.45. The minimum atomic E-state index is -3.81. The van der Waals surface area contributed by atoms with E-state index in [1.165, 1.54) is 31.4 Å². The van der Waals surface area contributed by atoms with Crippen molar-refractivity contribution < 1.29 is 22.8 Å². The third-order valence-corrected chi connectivity index (χ3v) is 4.83. The lowest BCUT2D eigenvalue weighted by Crippen LogP contribution is -2.45. The van der Waals surface area contributed by atoms with Gasteiger partial charge >= 0.3 is 0 Å². The maximum atomic E-state index is 12.3. The summed E-state index contributed by atoms with van der Waals surface area (Å²) in [5.41, 5.74) is 6.42. The molecule has 26 heavy (non-hydrogen) atoms. The van der Waals surface area contributed by atoms with E-state index in [4.69, 9.17) is 5.73 Å². The molecule has 9 heteroatoms. The van der Waals surface area contributed by atoms with E-state index in [1.807, 2.05) is 35.2 Å². The molecule has 2 rings (SSSR count). The van der Waals surface area contributed by atoms with Crippen molar-refractivity contribution in [2.45, 2.75) is 17.4 Å². The molecule has 0 heterocycles. The van der Waals surface area contributed by atoms with Gasteiger partial charge in [0.05, 0.1) is 12.0 Å². The maximum Gasteiger partial charge on any atom is 0.262 e. The lowest BCUT2D eigenvalue weighted by Gasteiger charge is -2.16. The van der Waals surface area contributed by atoms with Gasteiger partial charge in [-0.15, -0.1) is 0 Å². The number of hydrogen-bond donors (Lipinski definition) is 3. The van der Waals surface area contributed by atoms with Crippen molar-refractivity contribution in [1.82, 2.24) is 10.2 Å². The lowest BCUT2D eigenvalue weighted by molar-refractivity contribution is -0.119. The van der Waals surface area contributed by atoms with Crippen molar-refractivity contribution in [1.29, 1.82) is 0 Å². The van der Waals surface area contributed by atoms with E-state index >= 15 is 0 Å². The Balaban J connectivity index is 2.11. The molecule has 0 fully saturated rings. The Morgan fingerprint density at radius 2 is 1.69 bits per heavy atom. The first kappa shape index (κ1) is 19.6. The normalized spacial score (nSPS) is 12.3. The van der Waals surface area contributed by atoms with Crippen molar-refractivity contribution in [2.24, 2.45) is 5.73 Å². The highest BCUT2D eigenvalue weighted by molar-refractivity contribution is 7.89. The molecule has 2 aromatic carbocycles. The Labute approximate surface area is 151 Å². The zero-order chi connectivity index (χ0) is 19.2. The number of carbonyl (C=O) groups is 2. The predicted octanol–water partition coefficient (Wildman–Crippen LogP) is 0.353. The zero-order valence-electron chi connectivity index (χ0n) is 14.0. The van der Waals surface area contributed by atoms with Crippen LogP contribution in [-0.4, -0.2) is 33.4 Å². The van der Waals surface area contributed by atoms with E-state index in [0.717, 1.165) is 5.56 Å². The van der Waals surface area contributed by atoms with Gasteiger partial charge in [-0.05, 0) is 29.8 Å². The summed E-state index contributed by atoms with van der Waals surface area (Å²) in [6.07, 6.45) is 0.256. The van der Waals surface area contributed by atoms with Crippen LogP contribution in [0.25, 0.3) is 0 Å². The van der Waals surface area contributed by atoms with Gasteiger partial charge in [-0.3, -0.25) is 14.4 Å². The quantitative estimate of drug-likeness (QED) is 0.572. The third kappa shape index (κ3) is 5.12. The highest BCUT2D eigenvalue weighted by Gasteiger charge is 2.20. The van der Waals surface area contributed by atoms with Gasteiger partial charge in [-0.1, -0.05) is 35.2 Å². The molecule has 1 atom stereocenters. The van der Waals surface area contributed by atoms with Crippen molar-refractivity contribution in [3.63, 3.8) is 0 Å². The van der Waals surface area contributed by atoms with Crippen LogP contribution in [0.4, 0.5) is 0 Å². The summed E-state index contributed by atoms with van der Waals surface area (Å²) < 4.78 is 23.6. The number of amides is 2. The minimum absolute atomic E-state index is 0.0633. The Hall–Kier alpha value is -2.75. The first-order valence-corrected chi connectivity index (χ1v) is 9.11. The second kappa shape index (κ2) is 8.56. The van der Waals surface area contributed by atoms with Crippen LogP contribution in [0.1, 0.15) is 15.9 Å². The van der Waals surface area contributed by atoms with Crippen LogP contribution in [0.2, 0.25) is 0 Å². The molecule has 0 aliphatic rings. The smallest absolute Gasteiger partial charge is 0.262 e. The van der Waals surface area contributed by atoms with E-state index in [0.29, 0.717) is 0 Å². The molecule has 0 spiro atoms. The van der Waals surface area contributed by atoms with Crippen molar-refractivity contribution in [2.75, 3.05) is 7.11 Å². The van der Waals surface area contributed by atoms with Gasteiger partial charge in [0.1, 0.15) is 6.04 Å². The molecule has 0 aromatic heterocycles. The van der Waals surface area contributed by atoms with Gasteiger partial charge < -0.3 is 11.1 Å². The van der Waals surface area contributed by atoms with E-state index in [-0.39, 0.29) is 16.9 Å². The first-order valence-electron chi connectivity index (χ1n) is 7.62. The largest absolute Gasteiger partial charge is 0.368 e. The van der Waals surface area contributed by atoms with Crippen LogP contribution in [0, 0.1) is 0 Å². The van der Waals surface area contributed by atoms with Crippen LogP contribution >= 0.6 is 0 Å². The number of hydrogen-bond acceptors (Lipinski definition) is 5. The molecular formula is C17H19N3O5S. The topological polar surface area (TPSA) is 128 Å². The van der Waals surface area contributed by atoms with E-state index in [9.17, 15) is 18.0 Å². The summed E-state index contributed by atoms with van der Waals surface area (Å²) in [5, 5.41) is 2.56. The van der Waals surface area contributed by atoms with Crippen molar-refractivity contribution in [3.05, 3.63) is 65.7 Å². The van der Waals surface area contributed by atoms with Gasteiger partial charge in [-0.25, -0.2) is 8.42 Å². The summed E-state index contributed by atoms with van der Waals surface area (Å²) in [6.45, 7) is 0. The first-order chi connectivity index (χ1) is 12.3. The number of nitrogens with two attached hydrogens (primary N) is 1. The molecule has 0 aliphatic heterocycles. The van der Waals surface area contributed by atoms with Gasteiger partial charge in [0, 0.05) is 12.0 Å². The predicted molar refractivity (Wildman–Crippen MR) is 94.4 cm³/mol. The van der Waals surface area contributed by atoms with Crippen LogP contribution in [0.15, 0.2) is 59.5 Å². The average Bonchev–Trinajstić information content (AvgIpc) is 2.62. The fraction of sp³-hybridized carbons (Fsp3) is 0.176. The number of sulfonamides is 1. The molecule has 2 amide bonds. The average molecular weight is 377 g/mol. The van der Waals surface area contributed by atoms with Gasteiger partial charge in [0.15, 0.2) is 0 Å². The Morgan fingerprint density at radius 1 is 1.08 bits per heavy atom. The molecule has 0 saturated carbocycles. The Bertz CT molecular complexity index is 867. The summed E-state index contributed by atoms with van der Waals surface area (Å²) in [6, 6.07) is 13.4. The highest BCUT2D eigenvalue weighted by atomic mass is 32.2. The summed E-state index contributed by atoms with van der Waals surface area (Å²) >= 11 is 0. The molecule has 0 radical (unpaired) electrons. The number of rotatable bonds is 8. The minimum Gasteiger partial charge on any atom is -0.368 e. The second-order valence-corrected chi connectivity index (χ2v) is 7.08. The van der Waals surface area contributed by atoms with Crippen LogP contribution in [0.3, 0.4) is 0 Å². The number of carbonyl (C=O) groups excluding carboxylic acids is 2. The number of benzene rings is 2. The number of primary amides is 1. The van der Waals surface area contributed by atoms with Crippen molar-refractivity contribution >= 4 is 21.8 Å². The molecule has 1 unspecified atom stereocenters. The van der Waals surface area contributed by atoms with E-state index < -0.39 is 27.9 Å². The number of nitrogens with one attached hydrogen (secondary N) is 2. The van der Waals surface area contributed by atoms with Crippen molar-refractivity contribution in [3.8, 4) is 0 Å². The van der Waals surface area contributed by atoms with Gasteiger partial charge in [0.25, 0.3) is 15.9 Å². The monoisotopic (exact) mass is 377 g/mol. The molecule has 0 saturated heterocycles. The van der Waals surface area contributed by atoms with Gasteiger partial charge in [-0.2, -0.15) is 0 Å². The molecule has 8 nitrogen and oxygen atoms in total. The summed E-state index contributed by atoms with van der Waals surface area (Å²) in [4.78, 5) is 30.2. The molecule has 0 aliphatic carbocycles. The van der Waals surface area contributed by atoms with Crippen LogP contribution in [0.5, 0.6) is 0 Å². The fourth-order valence-electron chi connectivity index (χ4n) is 2.26. The summed E-state index contributed by atoms with van der Waals surface area (Å²) in [7, 11) is -2.63. The zero-order valence-corrected chi connectivity index (χ0v) is 14.8. The molecule has 2 aromatic rings. The molecular weight excluding hydrogens is 358 g/mol.